The molecule has 4 nitrogen and oxygen atoms in total. The number of aromatic amines is 1. The highest BCUT2D eigenvalue weighted by atomic mass is 16.6. The topological polar surface area (TPSA) is 50.3 Å². The second kappa shape index (κ2) is 8.38. The van der Waals surface area contributed by atoms with E-state index in [1.165, 1.54) is 17.5 Å². The van der Waals surface area contributed by atoms with Gasteiger partial charge in [-0.3, -0.25) is 5.10 Å². The number of nitrogens with one attached hydrogen (secondary N) is 1. The average molecular weight is 410 g/mol. The summed E-state index contributed by atoms with van der Waals surface area (Å²) in [7, 11) is 0. The fraction of sp³-hybridized carbons (Fsp3) is 0.259. The van der Waals surface area contributed by atoms with Crippen LogP contribution in [0.2, 0.25) is 0 Å². The average Bonchev–Trinajstić information content (AvgIpc) is 3.21. The summed E-state index contributed by atoms with van der Waals surface area (Å²) in [5.74, 6) is 0.417. The fourth-order valence-corrected chi connectivity index (χ4v) is 4.65. The van der Waals surface area contributed by atoms with Crippen LogP contribution in [0.15, 0.2) is 84.6 Å². The van der Waals surface area contributed by atoms with Gasteiger partial charge in [-0.15, -0.1) is 0 Å². The molecule has 2 aromatic carbocycles. The summed E-state index contributed by atoms with van der Waals surface area (Å²) in [6.45, 7) is 4.12. The molecular formula is C27H27N3O. The van der Waals surface area contributed by atoms with E-state index in [4.69, 9.17) is 9.94 Å². The first-order valence-electron chi connectivity index (χ1n) is 11.0. The third kappa shape index (κ3) is 3.52. The second-order valence-electron chi connectivity index (χ2n) is 8.37. The first kappa shape index (κ1) is 19.6. The van der Waals surface area contributed by atoms with Crippen LogP contribution in [-0.2, 0) is 16.7 Å². The highest BCUT2D eigenvalue weighted by Gasteiger charge is 2.38. The van der Waals surface area contributed by atoms with Crippen LogP contribution in [0.3, 0.4) is 0 Å². The number of aromatic nitrogens is 2. The van der Waals surface area contributed by atoms with Gasteiger partial charge in [0.15, 0.2) is 0 Å². The van der Waals surface area contributed by atoms with Crippen LogP contribution in [-0.4, -0.2) is 22.5 Å². The zero-order valence-electron chi connectivity index (χ0n) is 17.6. The monoisotopic (exact) mass is 409 g/mol. The molecule has 5 rings (SSSR count). The molecule has 1 aromatic heterocycles. The quantitative estimate of drug-likeness (QED) is 0.236. The van der Waals surface area contributed by atoms with Gasteiger partial charge in [0.05, 0.1) is 0 Å². The third-order valence-electron chi connectivity index (χ3n) is 6.54. The molecule has 0 spiro atoms. The number of fused-ring (bicyclic) bond motifs is 1. The highest BCUT2D eigenvalue weighted by molar-refractivity contribution is 6.04. The summed E-state index contributed by atoms with van der Waals surface area (Å²) < 4.78 is 0. The number of allylic oxidation sites excluding steroid dienone is 1. The van der Waals surface area contributed by atoms with E-state index in [1.807, 2.05) is 0 Å². The number of hydrogen-bond donors (Lipinski definition) is 1. The fourth-order valence-electron chi connectivity index (χ4n) is 4.65. The van der Waals surface area contributed by atoms with Gasteiger partial charge in [-0.25, -0.2) is 0 Å². The van der Waals surface area contributed by atoms with Crippen LogP contribution in [0.5, 0.6) is 0 Å². The SMILES string of the molecule is C=CCO/N=C(/c1n[nH]c2c1C=CC(c1ccccc1)(c1ccccc1)C2)C1CCC1. The number of nitrogens with zero attached hydrogens (tertiary/aromatic N) is 2. The molecule has 2 aliphatic rings. The minimum Gasteiger partial charge on any atom is -0.391 e. The van der Waals surface area contributed by atoms with E-state index in [9.17, 15) is 0 Å². The van der Waals surface area contributed by atoms with Gasteiger partial charge in [-0.2, -0.15) is 5.10 Å². The molecule has 0 atom stereocenters. The molecule has 156 valence electrons. The van der Waals surface area contributed by atoms with E-state index in [0.717, 1.165) is 41.9 Å². The maximum Gasteiger partial charge on any atom is 0.135 e. The molecule has 0 saturated heterocycles. The maximum absolute atomic E-state index is 5.49. The van der Waals surface area contributed by atoms with Crippen molar-refractivity contribution in [3.05, 3.63) is 107 Å². The molecule has 4 heteroatoms. The van der Waals surface area contributed by atoms with E-state index in [0.29, 0.717) is 12.5 Å². The normalized spacial score (nSPS) is 17.6. The molecular weight excluding hydrogens is 382 g/mol. The summed E-state index contributed by atoms with van der Waals surface area (Å²) in [5, 5.41) is 12.5. The number of hydrogen-bond acceptors (Lipinski definition) is 3. The minimum atomic E-state index is -0.230. The third-order valence-corrected chi connectivity index (χ3v) is 6.54. The molecule has 31 heavy (non-hydrogen) atoms. The van der Waals surface area contributed by atoms with Crippen molar-refractivity contribution in [2.75, 3.05) is 6.61 Å². The lowest BCUT2D eigenvalue weighted by atomic mass is 9.68. The van der Waals surface area contributed by atoms with Crippen LogP contribution >= 0.6 is 0 Å². The van der Waals surface area contributed by atoms with Gasteiger partial charge in [0.2, 0.25) is 0 Å². The Morgan fingerprint density at radius 2 is 1.77 bits per heavy atom. The summed E-state index contributed by atoms with van der Waals surface area (Å²) in [6, 6.07) is 21.4. The molecule has 1 saturated carbocycles. The van der Waals surface area contributed by atoms with Gasteiger partial charge in [-0.05, 0) is 24.0 Å². The molecule has 0 bridgehead atoms. The molecule has 1 heterocycles. The Kier molecular flexibility index (Phi) is 5.29. The van der Waals surface area contributed by atoms with Crippen LogP contribution in [0, 0.1) is 5.92 Å². The van der Waals surface area contributed by atoms with E-state index in [2.05, 4.69) is 89.6 Å². The Balaban J connectivity index is 1.57. The van der Waals surface area contributed by atoms with Gasteiger partial charge < -0.3 is 4.84 Å². The van der Waals surface area contributed by atoms with Crippen molar-refractivity contribution in [1.82, 2.24) is 10.2 Å². The van der Waals surface area contributed by atoms with Gasteiger partial charge in [0.1, 0.15) is 18.0 Å². The first-order chi connectivity index (χ1) is 15.3. The molecule has 1 N–H and O–H groups in total. The van der Waals surface area contributed by atoms with Gasteiger partial charge in [-0.1, -0.05) is 97.0 Å². The van der Waals surface area contributed by atoms with Crippen molar-refractivity contribution < 1.29 is 4.84 Å². The Labute approximate surface area is 183 Å². The van der Waals surface area contributed by atoms with Crippen molar-refractivity contribution in [3.8, 4) is 0 Å². The molecule has 0 unspecified atom stereocenters. The summed E-state index contributed by atoms with van der Waals surface area (Å²) in [5.41, 5.74) is 6.49. The Hall–Kier alpha value is -3.40. The smallest absolute Gasteiger partial charge is 0.135 e. The highest BCUT2D eigenvalue weighted by Crippen LogP contribution is 2.42. The van der Waals surface area contributed by atoms with Gasteiger partial charge in [0.25, 0.3) is 0 Å². The van der Waals surface area contributed by atoms with E-state index >= 15 is 0 Å². The Morgan fingerprint density at radius 1 is 1.10 bits per heavy atom. The minimum absolute atomic E-state index is 0.230. The maximum atomic E-state index is 5.49. The lowest BCUT2D eigenvalue weighted by molar-refractivity contribution is 0.171. The summed E-state index contributed by atoms with van der Waals surface area (Å²) in [6.07, 6.45) is 10.6. The Morgan fingerprint density at radius 3 is 2.35 bits per heavy atom. The van der Waals surface area contributed by atoms with Gasteiger partial charge in [0, 0.05) is 29.0 Å². The molecule has 0 radical (unpaired) electrons. The first-order valence-corrected chi connectivity index (χ1v) is 11.0. The predicted octanol–water partition coefficient (Wildman–Crippen LogP) is 5.67. The molecule has 0 aliphatic heterocycles. The van der Waals surface area contributed by atoms with Crippen molar-refractivity contribution >= 4 is 11.8 Å². The lowest BCUT2D eigenvalue weighted by Gasteiger charge is -2.34. The van der Waals surface area contributed by atoms with E-state index in [1.54, 1.807) is 6.08 Å². The zero-order valence-corrected chi connectivity index (χ0v) is 17.6. The van der Waals surface area contributed by atoms with E-state index < -0.39 is 0 Å². The van der Waals surface area contributed by atoms with Crippen molar-refractivity contribution in [3.63, 3.8) is 0 Å². The van der Waals surface area contributed by atoms with E-state index in [-0.39, 0.29) is 5.41 Å². The molecule has 2 aliphatic carbocycles. The van der Waals surface area contributed by atoms with Gasteiger partial charge >= 0.3 is 0 Å². The molecule has 3 aromatic rings. The lowest BCUT2D eigenvalue weighted by Crippen LogP contribution is -2.31. The van der Waals surface area contributed by atoms with Crippen molar-refractivity contribution in [2.24, 2.45) is 11.1 Å². The summed E-state index contributed by atoms with van der Waals surface area (Å²) >= 11 is 0. The van der Waals surface area contributed by atoms with Crippen LogP contribution in [0.1, 0.15) is 47.3 Å². The second-order valence-corrected chi connectivity index (χ2v) is 8.37. The van der Waals surface area contributed by atoms with Crippen molar-refractivity contribution in [1.29, 1.82) is 0 Å². The number of rotatable bonds is 7. The van der Waals surface area contributed by atoms with Crippen LogP contribution in [0.4, 0.5) is 0 Å². The Bertz CT molecular complexity index is 1070. The summed E-state index contributed by atoms with van der Waals surface area (Å²) in [4.78, 5) is 5.49. The molecule has 1 fully saturated rings. The standard InChI is InChI=1S/C27H27N3O/c1-2-18-31-30-25(20-10-9-11-20)26-23-16-17-27(19-24(23)28-29-26,21-12-5-3-6-13-21)22-14-7-4-8-15-22/h2-8,12-17,20H,1,9-11,18-19H2,(H,28,29)/b30-25+. The van der Waals surface area contributed by atoms with Crippen molar-refractivity contribution in [2.45, 2.75) is 31.1 Å². The predicted molar refractivity (Wildman–Crippen MR) is 125 cm³/mol. The van der Waals surface area contributed by atoms with Crippen LogP contribution in [0.25, 0.3) is 6.08 Å². The number of H-pyrrole nitrogens is 1. The number of oxime groups is 1. The molecule has 0 amide bonds. The largest absolute Gasteiger partial charge is 0.391 e. The van der Waals surface area contributed by atoms with Crippen LogP contribution < -0.4 is 0 Å². The zero-order chi connectivity index (χ0) is 21.1. The number of benzene rings is 2.